The molecule has 0 aliphatic rings. The molecule has 4 heteroatoms. The fraction of sp³-hybridized carbons (Fsp3) is 0.462. The standard InChI is InChI=1S/C13H17F2NO/c1-2-4-9(8-16)13(17)7-10-11(14)5-3-6-12(10)15/h3,5-6,9H,2,4,7-8,16H2,1H3. The third-order valence-electron chi connectivity index (χ3n) is 2.79. The number of carbonyl (C=O) groups is 1. The number of rotatable bonds is 6. The van der Waals surface area contributed by atoms with Crippen LogP contribution in [0.15, 0.2) is 18.2 Å². The Labute approximate surface area is 99.8 Å². The van der Waals surface area contributed by atoms with Crippen LogP contribution in [0.4, 0.5) is 8.78 Å². The maximum Gasteiger partial charge on any atom is 0.141 e. The van der Waals surface area contributed by atoms with Crippen molar-refractivity contribution in [1.29, 1.82) is 0 Å². The van der Waals surface area contributed by atoms with Crippen molar-refractivity contribution in [3.8, 4) is 0 Å². The Morgan fingerprint density at radius 1 is 1.35 bits per heavy atom. The summed E-state index contributed by atoms with van der Waals surface area (Å²) < 4.78 is 26.7. The lowest BCUT2D eigenvalue weighted by Crippen LogP contribution is -2.25. The highest BCUT2D eigenvalue weighted by Gasteiger charge is 2.19. The first-order valence-electron chi connectivity index (χ1n) is 5.75. The summed E-state index contributed by atoms with van der Waals surface area (Å²) in [5.74, 6) is -1.85. The van der Waals surface area contributed by atoms with E-state index in [1.165, 1.54) is 6.07 Å². The van der Waals surface area contributed by atoms with E-state index in [9.17, 15) is 13.6 Å². The molecule has 0 heterocycles. The number of carbonyl (C=O) groups excluding carboxylic acids is 1. The Bertz CT molecular complexity index is 373. The van der Waals surface area contributed by atoms with Crippen LogP contribution in [0.5, 0.6) is 0 Å². The Kier molecular flexibility index (Phi) is 5.22. The van der Waals surface area contributed by atoms with Crippen molar-refractivity contribution in [2.24, 2.45) is 11.7 Å². The number of hydrogen-bond acceptors (Lipinski definition) is 2. The highest BCUT2D eigenvalue weighted by atomic mass is 19.1. The van der Waals surface area contributed by atoms with Crippen LogP contribution in [-0.2, 0) is 11.2 Å². The molecule has 0 spiro atoms. The van der Waals surface area contributed by atoms with Crippen LogP contribution in [0.25, 0.3) is 0 Å². The second kappa shape index (κ2) is 6.45. The van der Waals surface area contributed by atoms with E-state index in [0.717, 1.165) is 18.6 Å². The lowest BCUT2D eigenvalue weighted by molar-refractivity contribution is -0.122. The molecule has 0 aliphatic heterocycles. The van der Waals surface area contributed by atoms with Crippen LogP contribution in [0.3, 0.4) is 0 Å². The van der Waals surface area contributed by atoms with Gasteiger partial charge >= 0.3 is 0 Å². The number of ketones is 1. The summed E-state index contributed by atoms with van der Waals surface area (Å²) in [7, 11) is 0. The minimum atomic E-state index is -0.675. The highest BCUT2D eigenvalue weighted by molar-refractivity contribution is 5.83. The number of halogens is 2. The Balaban J connectivity index is 2.80. The molecule has 0 saturated carbocycles. The summed E-state index contributed by atoms with van der Waals surface area (Å²) in [5, 5.41) is 0. The van der Waals surface area contributed by atoms with Crippen molar-refractivity contribution in [2.45, 2.75) is 26.2 Å². The fourth-order valence-corrected chi connectivity index (χ4v) is 1.78. The van der Waals surface area contributed by atoms with Crippen molar-refractivity contribution in [2.75, 3.05) is 6.54 Å². The van der Waals surface area contributed by atoms with Gasteiger partial charge in [-0.15, -0.1) is 0 Å². The summed E-state index contributed by atoms with van der Waals surface area (Å²) in [5.41, 5.74) is 5.32. The van der Waals surface area contributed by atoms with Crippen molar-refractivity contribution in [1.82, 2.24) is 0 Å². The van der Waals surface area contributed by atoms with E-state index in [2.05, 4.69) is 0 Å². The monoisotopic (exact) mass is 241 g/mol. The minimum Gasteiger partial charge on any atom is -0.330 e. The van der Waals surface area contributed by atoms with E-state index in [-0.39, 0.29) is 30.2 Å². The molecule has 1 aromatic rings. The van der Waals surface area contributed by atoms with Gasteiger partial charge in [0.2, 0.25) is 0 Å². The quantitative estimate of drug-likeness (QED) is 0.831. The predicted molar refractivity (Wildman–Crippen MR) is 62.5 cm³/mol. The first-order chi connectivity index (χ1) is 8.10. The topological polar surface area (TPSA) is 43.1 Å². The molecule has 1 atom stereocenters. The third-order valence-corrected chi connectivity index (χ3v) is 2.79. The van der Waals surface area contributed by atoms with Gasteiger partial charge in [0.15, 0.2) is 0 Å². The van der Waals surface area contributed by atoms with Gasteiger partial charge in [-0.05, 0) is 18.6 Å². The molecule has 94 valence electrons. The van der Waals surface area contributed by atoms with Crippen LogP contribution in [-0.4, -0.2) is 12.3 Å². The number of benzene rings is 1. The van der Waals surface area contributed by atoms with Gasteiger partial charge in [-0.3, -0.25) is 4.79 Å². The third kappa shape index (κ3) is 3.60. The average Bonchev–Trinajstić information content (AvgIpc) is 2.30. The number of hydrogen-bond donors (Lipinski definition) is 1. The SMILES string of the molecule is CCCC(CN)C(=O)Cc1c(F)cccc1F. The molecule has 0 aliphatic carbocycles. The molecule has 0 bridgehead atoms. The van der Waals surface area contributed by atoms with Crippen molar-refractivity contribution in [3.05, 3.63) is 35.4 Å². The zero-order chi connectivity index (χ0) is 12.8. The molecular formula is C13H17F2NO. The smallest absolute Gasteiger partial charge is 0.141 e. The molecule has 2 N–H and O–H groups in total. The molecule has 0 aromatic heterocycles. The fourth-order valence-electron chi connectivity index (χ4n) is 1.78. The molecule has 0 fully saturated rings. The molecule has 17 heavy (non-hydrogen) atoms. The van der Waals surface area contributed by atoms with E-state index in [1.807, 2.05) is 6.92 Å². The largest absolute Gasteiger partial charge is 0.330 e. The van der Waals surface area contributed by atoms with Gasteiger partial charge in [0, 0.05) is 24.4 Å². The minimum absolute atomic E-state index is 0.160. The van der Waals surface area contributed by atoms with Crippen molar-refractivity contribution in [3.63, 3.8) is 0 Å². The summed E-state index contributed by atoms with van der Waals surface area (Å²) in [6.07, 6.45) is 1.26. The molecule has 0 amide bonds. The summed E-state index contributed by atoms with van der Waals surface area (Å²) >= 11 is 0. The van der Waals surface area contributed by atoms with Crippen molar-refractivity contribution < 1.29 is 13.6 Å². The van der Waals surface area contributed by atoms with E-state index < -0.39 is 11.6 Å². The molecule has 2 nitrogen and oxygen atoms in total. The van der Waals surface area contributed by atoms with Gasteiger partial charge < -0.3 is 5.73 Å². The van der Waals surface area contributed by atoms with Gasteiger partial charge in [-0.2, -0.15) is 0 Å². The Hall–Kier alpha value is -1.29. The number of Topliss-reactive ketones (excluding diaryl/α,β-unsaturated/α-hetero) is 1. The Morgan fingerprint density at radius 2 is 1.94 bits per heavy atom. The highest BCUT2D eigenvalue weighted by Crippen LogP contribution is 2.16. The molecular weight excluding hydrogens is 224 g/mol. The first-order valence-corrected chi connectivity index (χ1v) is 5.75. The predicted octanol–water partition coefficient (Wildman–Crippen LogP) is 2.45. The van der Waals surface area contributed by atoms with Crippen LogP contribution in [0, 0.1) is 17.6 Å². The molecule has 0 saturated heterocycles. The van der Waals surface area contributed by atoms with E-state index in [4.69, 9.17) is 5.73 Å². The average molecular weight is 241 g/mol. The molecule has 0 radical (unpaired) electrons. The van der Waals surface area contributed by atoms with Crippen LogP contribution in [0.1, 0.15) is 25.3 Å². The second-order valence-corrected chi connectivity index (χ2v) is 4.06. The van der Waals surface area contributed by atoms with Gasteiger partial charge in [0.05, 0.1) is 0 Å². The summed E-state index contributed by atoms with van der Waals surface area (Å²) in [4.78, 5) is 11.8. The van der Waals surface area contributed by atoms with E-state index in [0.29, 0.717) is 6.42 Å². The van der Waals surface area contributed by atoms with Gasteiger partial charge in [-0.1, -0.05) is 19.4 Å². The molecule has 1 rings (SSSR count). The lowest BCUT2D eigenvalue weighted by Gasteiger charge is -2.12. The van der Waals surface area contributed by atoms with Crippen LogP contribution in [0.2, 0.25) is 0 Å². The summed E-state index contributed by atoms with van der Waals surface area (Å²) in [6, 6.07) is 3.59. The summed E-state index contributed by atoms with van der Waals surface area (Å²) in [6.45, 7) is 2.17. The van der Waals surface area contributed by atoms with Gasteiger partial charge in [0.25, 0.3) is 0 Å². The zero-order valence-electron chi connectivity index (χ0n) is 9.88. The molecule has 1 aromatic carbocycles. The van der Waals surface area contributed by atoms with E-state index in [1.54, 1.807) is 0 Å². The van der Waals surface area contributed by atoms with Gasteiger partial charge in [-0.25, -0.2) is 8.78 Å². The Morgan fingerprint density at radius 3 is 2.41 bits per heavy atom. The van der Waals surface area contributed by atoms with Crippen LogP contribution < -0.4 is 5.73 Å². The molecule has 1 unspecified atom stereocenters. The zero-order valence-corrected chi connectivity index (χ0v) is 9.88. The maximum atomic E-state index is 13.3. The second-order valence-electron chi connectivity index (χ2n) is 4.06. The normalized spacial score (nSPS) is 12.5. The van der Waals surface area contributed by atoms with Crippen molar-refractivity contribution >= 4 is 5.78 Å². The lowest BCUT2D eigenvalue weighted by atomic mass is 9.93. The maximum absolute atomic E-state index is 13.3. The van der Waals surface area contributed by atoms with E-state index >= 15 is 0 Å². The first kappa shape index (κ1) is 13.8. The van der Waals surface area contributed by atoms with Crippen LogP contribution >= 0.6 is 0 Å². The van der Waals surface area contributed by atoms with Gasteiger partial charge in [0.1, 0.15) is 17.4 Å². The number of nitrogens with two attached hydrogens (primary N) is 1.